The lowest BCUT2D eigenvalue weighted by Crippen LogP contribution is -2.33. The second-order valence-corrected chi connectivity index (χ2v) is 7.63. The lowest BCUT2D eigenvalue weighted by Gasteiger charge is -2.15. The molecule has 150 valence electrons. The highest BCUT2D eigenvalue weighted by molar-refractivity contribution is 6.20. The van der Waals surface area contributed by atoms with Gasteiger partial charge in [0.05, 0.1) is 0 Å². The van der Waals surface area contributed by atoms with Gasteiger partial charge in [0.25, 0.3) is 0 Å². The molecule has 29 heavy (non-hydrogen) atoms. The summed E-state index contributed by atoms with van der Waals surface area (Å²) in [6.45, 7) is 2.28. The largest absolute Gasteiger partial charge is 0.325 e. The van der Waals surface area contributed by atoms with Crippen LogP contribution in [0.5, 0.6) is 0 Å². The van der Waals surface area contributed by atoms with Gasteiger partial charge in [0.15, 0.2) is 5.78 Å². The van der Waals surface area contributed by atoms with E-state index in [0.29, 0.717) is 29.0 Å². The number of anilines is 2. The summed E-state index contributed by atoms with van der Waals surface area (Å²) >= 11 is 0. The van der Waals surface area contributed by atoms with Crippen LogP contribution < -0.4 is 10.2 Å². The smallest absolute Gasteiger partial charge is 0.244 e. The molecule has 1 heterocycles. The quantitative estimate of drug-likeness (QED) is 0.608. The summed E-state index contributed by atoms with van der Waals surface area (Å²) < 4.78 is 13.1. The van der Waals surface area contributed by atoms with Crippen molar-refractivity contribution in [2.24, 2.45) is 5.92 Å². The molecule has 0 aromatic heterocycles. The van der Waals surface area contributed by atoms with Crippen molar-refractivity contribution in [1.82, 2.24) is 0 Å². The molecule has 1 saturated carbocycles. The molecule has 1 aliphatic heterocycles. The standard InChI is InChI=1S/C23H23FN2O3/c1-2-26-19-12-7-15(21(27)14-5-3-4-6-14)13-18(19)20(23(26)29)22(28)25-17-10-8-16(24)9-11-17/h7-14,20H,2-6H2,1H3,(H,25,28). The monoisotopic (exact) mass is 394 g/mol. The third kappa shape index (κ3) is 3.55. The van der Waals surface area contributed by atoms with Crippen molar-refractivity contribution in [3.05, 3.63) is 59.4 Å². The second kappa shape index (κ2) is 7.78. The second-order valence-electron chi connectivity index (χ2n) is 7.63. The van der Waals surface area contributed by atoms with E-state index in [0.717, 1.165) is 25.7 Å². The van der Waals surface area contributed by atoms with Crippen molar-refractivity contribution < 1.29 is 18.8 Å². The average Bonchev–Trinajstić information content (AvgIpc) is 3.34. The van der Waals surface area contributed by atoms with E-state index in [2.05, 4.69) is 5.32 Å². The summed E-state index contributed by atoms with van der Waals surface area (Å²) in [6, 6.07) is 10.6. The normalized spacial score (nSPS) is 18.8. The van der Waals surface area contributed by atoms with Crippen LogP contribution in [-0.2, 0) is 9.59 Å². The number of Topliss-reactive ketones (excluding diaryl/α,β-unsaturated/α-hetero) is 1. The zero-order chi connectivity index (χ0) is 20.5. The van der Waals surface area contributed by atoms with Gasteiger partial charge in [0.2, 0.25) is 11.8 Å². The van der Waals surface area contributed by atoms with Gasteiger partial charge in [-0.1, -0.05) is 12.8 Å². The molecule has 0 spiro atoms. The van der Waals surface area contributed by atoms with Crippen LogP contribution in [0.3, 0.4) is 0 Å². The third-order valence-corrected chi connectivity index (χ3v) is 5.84. The molecule has 5 nitrogen and oxygen atoms in total. The van der Waals surface area contributed by atoms with Crippen molar-refractivity contribution in [2.45, 2.75) is 38.5 Å². The average molecular weight is 394 g/mol. The van der Waals surface area contributed by atoms with Gasteiger partial charge in [-0.3, -0.25) is 14.4 Å². The minimum atomic E-state index is -1.02. The van der Waals surface area contributed by atoms with Crippen LogP contribution in [-0.4, -0.2) is 24.1 Å². The van der Waals surface area contributed by atoms with Crippen LogP contribution in [0, 0.1) is 11.7 Å². The van der Waals surface area contributed by atoms with Gasteiger partial charge in [-0.25, -0.2) is 4.39 Å². The molecular formula is C23H23FN2O3. The molecule has 0 saturated heterocycles. The Kier molecular flexibility index (Phi) is 5.18. The number of hydrogen-bond acceptors (Lipinski definition) is 3. The molecule has 2 aromatic rings. The summed E-state index contributed by atoms with van der Waals surface area (Å²) in [5.74, 6) is -2.11. The van der Waals surface area contributed by atoms with Crippen molar-refractivity contribution >= 4 is 29.0 Å². The van der Waals surface area contributed by atoms with Gasteiger partial charge in [-0.2, -0.15) is 0 Å². The van der Waals surface area contributed by atoms with E-state index in [1.165, 1.54) is 24.3 Å². The zero-order valence-corrected chi connectivity index (χ0v) is 16.3. The Morgan fingerprint density at radius 3 is 2.45 bits per heavy atom. The Labute approximate surface area is 168 Å². The number of benzene rings is 2. The van der Waals surface area contributed by atoms with Gasteiger partial charge < -0.3 is 10.2 Å². The molecule has 1 unspecified atom stereocenters. The number of rotatable bonds is 5. The predicted molar refractivity (Wildman–Crippen MR) is 109 cm³/mol. The van der Waals surface area contributed by atoms with E-state index < -0.39 is 17.6 Å². The van der Waals surface area contributed by atoms with Gasteiger partial charge in [0, 0.05) is 29.4 Å². The van der Waals surface area contributed by atoms with Gasteiger partial charge in [0.1, 0.15) is 11.7 Å². The number of amides is 2. The van der Waals surface area contributed by atoms with E-state index in [-0.39, 0.29) is 17.6 Å². The van der Waals surface area contributed by atoms with E-state index in [1.54, 1.807) is 23.1 Å². The van der Waals surface area contributed by atoms with Crippen molar-refractivity contribution in [2.75, 3.05) is 16.8 Å². The van der Waals surface area contributed by atoms with E-state index in [1.807, 2.05) is 6.92 Å². The van der Waals surface area contributed by atoms with Crippen LogP contribution in [0.25, 0.3) is 0 Å². The number of carbonyl (C=O) groups excluding carboxylic acids is 3. The number of hydrogen-bond donors (Lipinski definition) is 1. The number of halogens is 1. The maximum absolute atomic E-state index is 13.1. The SMILES string of the molecule is CCN1C(=O)C(C(=O)Nc2ccc(F)cc2)c2cc(C(=O)C3CCCC3)ccc21. The molecule has 4 rings (SSSR count). The van der Waals surface area contributed by atoms with Crippen LogP contribution >= 0.6 is 0 Å². The van der Waals surface area contributed by atoms with Crippen LogP contribution in [0.4, 0.5) is 15.8 Å². The molecular weight excluding hydrogens is 371 g/mol. The highest BCUT2D eigenvalue weighted by Gasteiger charge is 2.42. The number of ketones is 1. The van der Waals surface area contributed by atoms with Crippen molar-refractivity contribution in [3.8, 4) is 0 Å². The fraction of sp³-hybridized carbons (Fsp3) is 0.348. The Morgan fingerprint density at radius 1 is 1.10 bits per heavy atom. The first kappa shape index (κ1) is 19.3. The molecule has 2 amide bonds. The third-order valence-electron chi connectivity index (χ3n) is 5.84. The number of fused-ring (bicyclic) bond motifs is 1. The minimum Gasteiger partial charge on any atom is -0.325 e. The lowest BCUT2D eigenvalue weighted by molar-refractivity contribution is -0.126. The molecule has 1 N–H and O–H groups in total. The van der Waals surface area contributed by atoms with Gasteiger partial charge in [-0.05, 0) is 67.8 Å². The highest BCUT2D eigenvalue weighted by atomic mass is 19.1. The van der Waals surface area contributed by atoms with Gasteiger partial charge in [-0.15, -0.1) is 0 Å². The first-order chi connectivity index (χ1) is 14.0. The van der Waals surface area contributed by atoms with Crippen LogP contribution in [0.2, 0.25) is 0 Å². The maximum atomic E-state index is 13.1. The molecule has 6 heteroatoms. The molecule has 2 aromatic carbocycles. The highest BCUT2D eigenvalue weighted by Crippen LogP contribution is 2.39. The van der Waals surface area contributed by atoms with Crippen molar-refractivity contribution in [1.29, 1.82) is 0 Å². The van der Waals surface area contributed by atoms with E-state index in [9.17, 15) is 18.8 Å². The molecule has 1 atom stereocenters. The lowest BCUT2D eigenvalue weighted by atomic mass is 9.92. The Bertz CT molecular complexity index is 965. The first-order valence-electron chi connectivity index (χ1n) is 10.1. The number of nitrogens with zero attached hydrogens (tertiary/aromatic N) is 1. The summed E-state index contributed by atoms with van der Waals surface area (Å²) in [6.07, 6.45) is 3.91. The Morgan fingerprint density at radius 2 is 1.79 bits per heavy atom. The molecule has 1 aliphatic carbocycles. The zero-order valence-electron chi connectivity index (χ0n) is 16.3. The first-order valence-corrected chi connectivity index (χ1v) is 10.1. The summed E-state index contributed by atoms with van der Waals surface area (Å²) in [4.78, 5) is 40.3. The van der Waals surface area contributed by atoms with Crippen LogP contribution in [0.15, 0.2) is 42.5 Å². The van der Waals surface area contributed by atoms with E-state index in [4.69, 9.17) is 0 Å². The van der Waals surface area contributed by atoms with Crippen molar-refractivity contribution in [3.63, 3.8) is 0 Å². The van der Waals surface area contributed by atoms with Gasteiger partial charge >= 0.3 is 0 Å². The predicted octanol–water partition coefficient (Wildman–Crippen LogP) is 4.29. The molecule has 0 bridgehead atoms. The topological polar surface area (TPSA) is 66.5 Å². The minimum absolute atomic E-state index is 0.0268. The Hall–Kier alpha value is -3.02. The van der Waals surface area contributed by atoms with E-state index >= 15 is 0 Å². The summed E-state index contributed by atoms with van der Waals surface area (Å²) in [5.41, 5.74) is 2.19. The number of likely N-dealkylation sites (N-methyl/N-ethyl adjacent to an activating group) is 1. The summed E-state index contributed by atoms with van der Waals surface area (Å²) in [7, 11) is 0. The Balaban J connectivity index is 1.65. The maximum Gasteiger partial charge on any atom is 0.244 e. The fourth-order valence-corrected chi connectivity index (χ4v) is 4.34. The fourth-order valence-electron chi connectivity index (χ4n) is 4.34. The summed E-state index contributed by atoms with van der Waals surface area (Å²) in [5, 5.41) is 2.69. The number of carbonyl (C=O) groups is 3. The van der Waals surface area contributed by atoms with Crippen LogP contribution in [0.1, 0.15) is 54.4 Å². The molecule has 0 radical (unpaired) electrons. The molecule has 2 aliphatic rings. The number of nitrogens with one attached hydrogen (secondary N) is 1. The molecule has 1 fully saturated rings.